The highest BCUT2D eigenvalue weighted by molar-refractivity contribution is 6.12. The molecule has 0 N–H and O–H groups in total. The van der Waals surface area contributed by atoms with Gasteiger partial charge in [0, 0.05) is 32.9 Å². The van der Waals surface area contributed by atoms with E-state index in [0.29, 0.717) is 5.92 Å². The molecule has 0 amide bonds. The van der Waals surface area contributed by atoms with Gasteiger partial charge in [-0.05, 0) is 60.0 Å². The first-order valence-electron chi connectivity index (χ1n) is 12.3. The quantitative estimate of drug-likeness (QED) is 0.254. The van der Waals surface area contributed by atoms with Gasteiger partial charge < -0.3 is 9.13 Å². The summed E-state index contributed by atoms with van der Waals surface area (Å²) >= 11 is 0. The number of benzene rings is 5. The van der Waals surface area contributed by atoms with Gasteiger partial charge in [0.05, 0.1) is 22.1 Å². The summed E-state index contributed by atoms with van der Waals surface area (Å²) in [5.41, 5.74) is 8.69. The van der Waals surface area contributed by atoms with Gasteiger partial charge in [0.1, 0.15) is 0 Å². The molecule has 7 aromatic rings. The van der Waals surface area contributed by atoms with Crippen molar-refractivity contribution in [2.45, 2.75) is 19.8 Å². The molecule has 0 aliphatic heterocycles. The van der Waals surface area contributed by atoms with Gasteiger partial charge in [-0.3, -0.25) is 0 Å². The maximum atomic E-state index is 2.40. The highest BCUT2D eigenvalue weighted by Crippen LogP contribution is 2.36. The van der Waals surface area contributed by atoms with Crippen molar-refractivity contribution in [1.82, 2.24) is 9.13 Å². The summed E-state index contributed by atoms with van der Waals surface area (Å²) < 4.78 is 4.79. The van der Waals surface area contributed by atoms with E-state index in [9.17, 15) is 0 Å². The van der Waals surface area contributed by atoms with Crippen LogP contribution < -0.4 is 0 Å². The third kappa shape index (κ3) is 2.96. The number of hydrogen-bond acceptors (Lipinski definition) is 0. The van der Waals surface area contributed by atoms with E-state index in [1.54, 1.807) is 0 Å². The molecule has 168 valence electrons. The van der Waals surface area contributed by atoms with Crippen LogP contribution in [0.3, 0.4) is 0 Å². The first kappa shape index (κ1) is 20.1. The number of hydrogen-bond donors (Lipinski definition) is 0. The zero-order valence-corrected chi connectivity index (χ0v) is 19.9. The largest absolute Gasteiger partial charge is 0.309 e. The Hall–Kier alpha value is -4.30. The smallest absolute Gasteiger partial charge is 0.0542 e. The molecule has 2 aromatic heterocycles. The summed E-state index contributed by atoms with van der Waals surface area (Å²) in [7, 11) is 0. The minimum Gasteiger partial charge on any atom is -0.309 e. The molecule has 5 aromatic carbocycles. The number of para-hydroxylation sites is 3. The topological polar surface area (TPSA) is 9.86 Å². The summed E-state index contributed by atoms with van der Waals surface area (Å²) in [4.78, 5) is 0. The number of fused-ring (bicyclic) bond motifs is 6. The Labute approximate surface area is 204 Å². The molecule has 0 fully saturated rings. The Morgan fingerprint density at radius 2 is 0.857 bits per heavy atom. The van der Waals surface area contributed by atoms with E-state index in [0.717, 1.165) is 0 Å². The van der Waals surface area contributed by atoms with Gasteiger partial charge in [-0.15, -0.1) is 0 Å². The van der Waals surface area contributed by atoms with Crippen LogP contribution >= 0.6 is 0 Å². The lowest BCUT2D eigenvalue weighted by molar-refractivity contribution is 0.866. The van der Waals surface area contributed by atoms with Crippen molar-refractivity contribution in [2.75, 3.05) is 0 Å². The molecule has 0 spiro atoms. The summed E-state index contributed by atoms with van der Waals surface area (Å²) in [5.74, 6) is 0.524. The molecular formula is C33H26N2. The molecule has 7 rings (SSSR count). The van der Waals surface area contributed by atoms with Crippen molar-refractivity contribution in [2.24, 2.45) is 0 Å². The first-order chi connectivity index (χ1) is 17.2. The second-order valence-electron chi connectivity index (χ2n) is 9.67. The lowest BCUT2D eigenvalue weighted by atomic mass is 10.0. The molecule has 0 saturated heterocycles. The van der Waals surface area contributed by atoms with Crippen LogP contribution in [0, 0.1) is 0 Å². The van der Waals surface area contributed by atoms with Gasteiger partial charge in [-0.25, -0.2) is 0 Å². The van der Waals surface area contributed by atoms with Crippen molar-refractivity contribution in [3.63, 3.8) is 0 Å². The molecule has 0 aliphatic rings. The normalized spacial score (nSPS) is 12.0. The van der Waals surface area contributed by atoms with Gasteiger partial charge in [-0.2, -0.15) is 0 Å². The average Bonchev–Trinajstić information content (AvgIpc) is 3.41. The summed E-state index contributed by atoms with van der Waals surface area (Å²) in [6, 6.07) is 42.1. The SMILES string of the molecule is CC(C)c1ccc(-n2c3ccccc3c3cc(-n4c5ccccc5c5ccccc54)ccc32)cc1. The second-order valence-corrected chi connectivity index (χ2v) is 9.67. The molecular weight excluding hydrogens is 424 g/mol. The molecule has 0 unspecified atom stereocenters. The van der Waals surface area contributed by atoms with Crippen molar-refractivity contribution in [3.05, 3.63) is 121 Å². The van der Waals surface area contributed by atoms with Crippen LogP contribution in [-0.4, -0.2) is 9.13 Å². The van der Waals surface area contributed by atoms with Gasteiger partial charge in [-0.1, -0.05) is 80.6 Å². The Morgan fingerprint density at radius 1 is 0.429 bits per heavy atom. The van der Waals surface area contributed by atoms with Crippen LogP contribution in [0.4, 0.5) is 0 Å². The Kier molecular flexibility index (Phi) is 4.37. The summed E-state index contributed by atoms with van der Waals surface area (Å²) in [6.45, 7) is 4.48. The Morgan fingerprint density at radius 3 is 1.40 bits per heavy atom. The van der Waals surface area contributed by atoms with E-state index in [1.165, 1.54) is 60.5 Å². The van der Waals surface area contributed by atoms with Crippen LogP contribution in [-0.2, 0) is 0 Å². The highest BCUT2D eigenvalue weighted by atomic mass is 15.0. The molecule has 0 radical (unpaired) electrons. The predicted molar refractivity (Wildman–Crippen MR) is 149 cm³/mol. The lowest BCUT2D eigenvalue weighted by Gasteiger charge is -2.11. The Bertz CT molecular complexity index is 1810. The third-order valence-electron chi connectivity index (χ3n) is 7.31. The molecule has 0 bridgehead atoms. The van der Waals surface area contributed by atoms with Crippen LogP contribution in [0.1, 0.15) is 25.3 Å². The van der Waals surface area contributed by atoms with Gasteiger partial charge in [0.2, 0.25) is 0 Å². The van der Waals surface area contributed by atoms with Gasteiger partial charge in [0.25, 0.3) is 0 Å². The maximum absolute atomic E-state index is 2.40. The third-order valence-corrected chi connectivity index (χ3v) is 7.31. The van der Waals surface area contributed by atoms with Crippen molar-refractivity contribution >= 4 is 43.6 Å². The van der Waals surface area contributed by atoms with Crippen molar-refractivity contribution < 1.29 is 0 Å². The zero-order chi connectivity index (χ0) is 23.5. The molecule has 0 aliphatic carbocycles. The minimum absolute atomic E-state index is 0.524. The highest BCUT2D eigenvalue weighted by Gasteiger charge is 2.16. The fraction of sp³-hybridized carbons (Fsp3) is 0.0909. The van der Waals surface area contributed by atoms with Gasteiger partial charge in [0.15, 0.2) is 0 Å². The lowest BCUT2D eigenvalue weighted by Crippen LogP contribution is -1.96. The maximum Gasteiger partial charge on any atom is 0.0542 e. The minimum atomic E-state index is 0.524. The van der Waals surface area contributed by atoms with Crippen molar-refractivity contribution in [1.29, 1.82) is 0 Å². The van der Waals surface area contributed by atoms with E-state index in [4.69, 9.17) is 0 Å². The first-order valence-corrected chi connectivity index (χ1v) is 12.3. The van der Waals surface area contributed by atoms with Crippen LogP contribution in [0.2, 0.25) is 0 Å². The average molecular weight is 451 g/mol. The Balaban J connectivity index is 1.52. The van der Waals surface area contributed by atoms with E-state index in [1.807, 2.05) is 0 Å². The molecule has 2 heterocycles. The number of rotatable bonds is 3. The molecule has 35 heavy (non-hydrogen) atoms. The van der Waals surface area contributed by atoms with Crippen LogP contribution in [0.15, 0.2) is 115 Å². The monoisotopic (exact) mass is 450 g/mol. The van der Waals surface area contributed by atoms with Crippen LogP contribution in [0.25, 0.3) is 55.0 Å². The van der Waals surface area contributed by atoms with E-state index < -0.39 is 0 Å². The van der Waals surface area contributed by atoms with Crippen LogP contribution in [0.5, 0.6) is 0 Å². The summed E-state index contributed by atoms with van der Waals surface area (Å²) in [5, 5.41) is 5.12. The standard InChI is InChI=1S/C33H26N2/c1-22(2)23-15-17-24(18-16-23)34-32-14-8-5-11-28(32)29-21-25(19-20-33(29)34)35-30-12-6-3-9-26(30)27-10-4-7-13-31(27)35/h3-22H,1-2H3. The van der Waals surface area contributed by atoms with E-state index in [2.05, 4.69) is 138 Å². The van der Waals surface area contributed by atoms with Crippen molar-refractivity contribution in [3.8, 4) is 11.4 Å². The molecule has 0 atom stereocenters. The number of aromatic nitrogens is 2. The fourth-order valence-electron chi connectivity index (χ4n) is 5.59. The fourth-order valence-corrected chi connectivity index (χ4v) is 5.59. The van der Waals surface area contributed by atoms with E-state index in [-0.39, 0.29) is 0 Å². The molecule has 0 saturated carbocycles. The predicted octanol–water partition coefficient (Wildman–Crippen LogP) is 9.00. The summed E-state index contributed by atoms with van der Waals surface area (Å²) in [6.07, 6.45) is 0. The molecule has 2 nitrogen and oxygen atoms in total. The van der Waals surface area contributed by atoms with E-state index >= 15 is 0 Å². The zero-order valence-electron chi connectivity index (χ0n) is 19.9. The second kappa shape index (κ2) is 7.61. The number of nitrogens with zero attached hydrogens (tertiary/aromatic N) is 2. The van der Waals surface area contributed by atoms with Gasteiger partial charge >= 0.3 is 0 Å². The molecule has 2 heteroatoms.